The maximum absolute atomic E-state index is 14.3. The summed E-state index contributed by atoms with van der Waals surface area (Å²) in [6.07, 6.45) is 7.72. The van der Waals surface area contributed by atoms with E-state index in [0.717, 1.165) is 49.1 Å². The topological polar surface area (TPSA) is 67.8 Å². The number of rotatable bonds is 9. The van der Waals surface area contributed by atoms with Crippen molar-refractivity contribution in [1.29, 1.82) is 0 Å². The molecule has 1 fully saturated rings. The third-order valence-electron chi connectivity index (χ3n) is 7.98. The Morgan fingerprint density at radius 2 is 2.05 bits per heavy atom. The van der Waals surface area contributed by atoms with Crippen molar-refractivity contribution in [2.75, 3.05) is 33.1 Å². The van der Waals surface area contributed by atoms with Crippen LogP contribution in [0, 0.1) is 11.8 Å². The molecule has 0 aliphatic heterocycles. The summed E-state index contributed by atoms with van der Waals surface area (Å²) in [5.74, 6) is 6.52. The van der Waals surface area contributed by atoms with Crippen LogP contribution in [0.15, 0.2) is 24.3 Å². The molecule has 222 valence electrons. The van der Waals surface area contributed by atoms with Gasteiger partial charge in [0.15, 0.2) is 0 Å². The molecule has 2 aliphatic carbocycles. The van der Waals surface area contributed by atoms with E-state index in [1.54, 1.807) is 39.1 Å². The summed E-state index contributed by atoms with van der Waals surface area (Å²) in [5, 5.41) is 7.58. The zero-order valence-corrected chi connectivity index (χ0v) is 27.3. The maximum Gasteiger partial charge on any atom is 0.276 e. The van der Waals surface area contributed by atoms with Crippen LogP contribution in [0.1, 0.15) is 61.5 Å². The Kier molecular flexibility index (Phi) is 10.2. The number of halogens is 3. The van der Waals surface area contributed by atoms with E-state index in [4.69, 9.17) is 7.80 Å². The molecule has 1 amide bonds. The molecule has 1 aromatic heterocycles. The number of carbonyl (C=O) groups excluding carboxylic acids is 1. The smallest absolute Gasteiger partial charge is 0.276 e. The molecule has 41 heavy (non-hydrogen) atoms. The minimum Gasteiger partial charge on any atom is -0.495 e. The van der Waals surface area contributed by atoms with E-state index >= 15 is 0 Å². The Morgan fingerprint density at radius 3 is 2.68 bits per heavy atom. The molecule has 1 unspecified atom stereocenters. The van der Waals surface area contributed by atoms with E-state index in [1.807, 2.05) is 35.1 Å². The van der Waals surface area contributed by atoms with E-state index in [2.05, 4.69) is 41.3 Å². The van der Waals surface area contributed by atoms with Crippen molar-refractivity contribution >= 4 is 55.6 Å². The van der Waals surface area contributed by atoms with Gasteiger partial charge in [-0.3, -0.25) is 4.79 Å². The van der Waals surface area contributed by atoms with Crippen LogP contribution in [0.25, 0.3) is 11.8 Å². The highest BCUT2D eigenvalue weighted by Gasteiger charge is 2.34. The number of anilines is 1. The second kappa shape index (κ2) is 13.3. The largest absolute Gasteiger partial charge is 0.495 e. The monoisotopic (exact) mass is 698 g/mol. The normalized spacial score (nSPS) is 20.3. The van der Waals surface area contributed by atoms with Crippen LogP contribution in [-0.2, 0) is 9.61 Å². The highest BCUT2D eigenvalue weighted by molar-refractivity contribution is 14.1. The Morgan fingerprint density at radius 1 is 1.32 bits per heavy atom. The average Bonchev–Trinajstić information content (AvgIpc) is 3.30. The Labute approximate surface area is 257 Å². The number of nitrogens with zero attached hydrogens (tertiary/aromatic N) is 2. The van der Waals surface area contributed by atoms with E-state index in [1.165, 1.54) is 12.8 Å². The molecule has 1 saturated carbocycles. The quantitative estimate of drug-likeness (QED) is 0.230. The molecule has 1 aromatic carbocycles. The molecule has 0 bridgehead atoms. The number of carbonyl (C=O) groups is 1. The van der Waals surface area contributed by atoms with Gasteiger partial charge in [0.25, 0.3) is 11.6 Å². The van der Waals surface area contributed by atoms with Crippen molar-refractivity contribution in [3.63, 3.8) is 0 Å². The number of fused-ring (bicyclic) bond motifs is 1. The molecule has 1 atom stereocenters. The second-order valence-electron chi connectivity index (χ2n) is 10.9. The Balaban J connectivity index is 1.62. The Bertz CT molecular complexity index is 1450. The zero-order chi connectivity index (χ0) is 29.8. The number of nitrogens with one attached hydrogen (secondary N) is 2. The lowest BCUT2D eigenvalue weighted by molar-refractivity contribution is 0.0681. The summed E-state index contributed by atoms with van der Waals surface area (Å²) in [6, 6.07) is 7.45. The molecule has 1 heterocycles. The number of hydrogen-bond donors (Lipinski definition) is 2. The van der Waals surface area contributed by atoms with Crippen LogP contribution in [0.3, 0.4) is 0 Å². The number of hydrogen-bond acceptors (Lipinski definition) is 5. The third kappa shape index (κ3) is 7.54. The number of amides is 1. The summed E-state index contributed by atoms with van der Waals surface area (Å²) in [5.41, 5.74) is -0.154. The van der Waals surface area contributed by atoms with Crippen LogP contribution in [0.4, 0.5) is 14.5 Å². The predicted octanol–water partition coefficient (Wildman–Crippen LogP) is 4.47. The summed E-state index contributed by atoms with van der Waals surface area (Å²) in [4.78, 5) is 14.3. The van der Waals surface area contributed by atoms with Gasteiger partial charge >= 0.3 is 0 Å². The van der Waals surface area contributed by atoms with Crippen molar-refractivity contribution < 1.29 is 21.4 Å². The molecule has 4 rings (SSSR count). The van der Waals surface area contributed by atoms with Gasteiger partial charge in [0.1, 0.15) is 28.8 Å². The van der Waals surface area contributed by atoms with Crippen LogP contribution in [0.5, 0.6) is 5.75 Å². The number of alkyl halides is 2. The molecule has 2 aliphatic rings. The molecular weight excluding hydrogens is 660 g/mol. The fourth-order valence-electron chi connectivity index (χ4n) is 5.64. The van der Waals surface area contributed by atoms with Crippen molar-refractivity contribution in [2.24, 2.45) is 0 Å². The van der Waals surface area contributed by atoms with Gasteiger partial charge in [-0.1, -0.05) is 21.2 Å². The van der Waals surface area contributed by atoms with Gasteiger partial charge in [0.2, 0.25) is 0 Å². The lowest BCUT2D eigenvalue weighted by Crippen LogP contribution is -2.44. The molecule has 0 saturated heterocycles. The first-order valence-corrected chi connectivity index (χ1v) is 15.2. The second-order valence-corrected chi connectivity index (χ2v) is 12.2. The van der Waals surface area contributed by atoms with E-state index in [-0.39, 0.29) is 18.1 Å². The third-order valence-corrected chi connectivity index (χ3v) is 9.23. The molecule has 2 N–H and O–H groups in total. The minimum absolute atomic E-state index is 0.0885. The van der Waals surface area contributed by atoms with Gasteiger partial charge in [-0.25, -0.2) is 8.78 Å². The summed E-state index contributed by atoms with van der Waals surface area (Å²) in [7, 11) is 6.88. The molecule has 7 nitrogen and oxygen atoms in total. The Hall–Kier alpha value is -2.35. The first kappa shape index (κ1) is 31.6. The molecule has 0 spiro atoms. The number of aromatic nitrogens is 1. The van der Waals surface area contributed by atoms with Gasteiger partial charge in [0.05, 0.1) is 37.2 Å². The number of benzene rings is 1. The van der Waals surface area contributed by atoms with Gasteiger partial charge in [-0.05, 0) is 75.6 Å². The maximum atomic E-state index is 14.3. The van der Waals surface area contributed by atoms with Gasteiger partial charge < -0.3 is 27.9 Å². The van der Waals surface area contributed by atoms with Crippen LogP contribution in [0.2, 0.25) is 0 Å². The standard InChI is InChI=1S/C30H38F2IN4O3P/c1-29(40-33)14-12-21(13-15-29)36(3)25-8-5-9-26-23(25)18-22(37(26)19-30(31,32)41)7-6-16-35-24-11-10-20(28(38)34-2)17-27(24)39-4/h9-11,17-18,21,35H,5,8,12-16,19,41H2,1-4H3,(H,34,38). The summed E-state index contributed by atoms with van der Waals surface area (Å²) in [6.45, 7) is 1.96. The van der Waals surface area contributed by atoms with Gasteiger partial charge in [0, 0.05) is 42.0 Å². The van der Waals surface area contributed by atoms with Gasteiger partial charge in [-0.15, -0.1) is 0 Å². The summed E-state index contributed by atoms with van der Waals surface area (Å²) >= 11 is 2.01. The highest BCUT2D eigenvalue weighted by Crippen LogP contribution is 2.36. The van der Waals surface area contributed by atoms with Crippen molar-refractivity contribution in [3.05, 3.63) is 46.1 Å². The highest BCUT2D eigenvalue weighted by atomic mass is 127. The summed E-state index contributed by atoms with van der Waals surface area (Å²) < 4.78 is 41.4. The van der Waals surface area contributed by atoms with E-state index in [9.17, 15) is 13.6 Å². The lowest BCUT2D eigenvalue weighted by atomic mass is 9.83. The first-order valence-electron chi connectivity index (χ1n) is 13.7. The zero-order valence-electron chi connectivity index (χ0n) is 24.0. The van der Waals surface area contributed by atoms with Gasteiger partial charge in [-0.2, -0.15) is 0 Å². The van der Waals surface area contributed by atoms with Crippen molar-refractivity contribution in [2.45, 2.75) is 69.3 Å². The predicted molar refractivity (Wildman–Crippen MR) is 171 cm³/mol. The SMILES string of the molecule is CNC(=O)c1ccc(NCC#Cc2cc3c(n2CC(F)(F)P)=CCCC=3N(C)C2CCC(C)(OI)CC2)c(OC)c1. The number of methoxy groups -OCH3 is 1. The fraction of sp³-hybridized carbons (Fsp3) is 0.500. The molecule has 2 aromatic rings. The molecule has 0 radical (unpaired) electrons. The van der Waals surface area contributed by atoms with Crippen molar-refractivity contribution in [3.8, 4) is 17.6 Å². The number of ether oxygens (including phenoxy) is 1. The van der Waals surface area contributed by atoms with Crippen LogP contribution < -0.4 is 25.9 Å². The van der Waals surface area contributed by atoms with E-state index < -0.39 is 12.2 Å². The fourth-order valence-corrected chi connectivity index (χ4v) is 6.26. The van der Waals surface area contributed by atoms with Crippen LogP contribution in [-0.4, -0.2) is 60.4 Å². The molecule has 11 heteroatoms. The minimum atomic E-state index is -2.97. The first-order chi connectivity index (χ1) is 19.5. The average molecular weight is 699 g/mol. The molecular formula is C30H38F2IN4O3P. The van der Waals surface area contributed by atoms with Crippen LogP contribution >= 0.6 is 32.2 Å². The van der Waals surface area contributed by atoms with E-state index in [0.29, 0.717) is 28.7 Å². The lowest BCUT2D eigenvalue weighted by Gasteiger charge is -2.41. The van der Waals surface area contributed by atoms with Crippen molar-refractivity contribution in [1.82, 2.24) is 14.8 Å².